The predicted octanol–water partition coefficient (Wildman–Crippen LogP) is 1.43. The molecule has 0 saturated heterocycles. The van der Waals surface area contributed by atoms with Gasteiger partial charge in [-0.3, -0.25) is 5.73 Å². The Bertz CT molecular complexity index is 523. The molecule has 0 aliphatic heterocycles. The Morgan fingerprint density at radius 3 is 2.47 bits per heavy atom. The molecule has 0 unspecified atom stereocenters. The fraction of sp³-hybridized carbons (Fsp3) is 0.0769. The number of aromatic nitrogens is 1. The van der Waals surface area contributed by atoms with Crippen LogP contribution >= 0.6 is 0 Å². The smallest absolute Gasteiger partial charge is 0.272 e. The van der Waals surface area contributed by atoms with Gasteiger partial charge in [0.05, 0.1) is 6.20 Å². The maximum absolute atomic E-state index is 9.07. The van der Waals surface area contributed by atoms with Crippen LogP contribution in [-0.4, -0.2) is 10.9 Å². The van der Waals surface area contributed by atoms with Crippen molar-refractivity contribution in [3.63, 3.8) is 0 Å². The van der Waals surface area contributed by atoms with Gasteiger partial charge in [-0.1, -0.05) is 41.6 Å². The van der Waals surface area contributed by atoms with Crippen LogP contribution in [0.2, 0.25) is 0 Å². The van der Waals surface area contributed by atoms with E-state index in [1.807, 2.05) is 53.2 Å². The first-order valence-corrected chi connectivity index (χ1v) is 5.31. The lowest BCUT2D eigenvalue weighted by Gasteiger charge is -2.05. The van der Waals surface area contributed by atoms with Crippen molar-refractivity contribution < 1.29 is 9.77 Å². The molecule has 0 amide bonds. The van der Waals surface area contributed by atoms with Crippen molar-refractivity contribution in [3.8, 4) is 0 Å². The quantitative estimate of drug-likeness (QED) is 0.361. The molecular weight excluding hydrogens is 214 g/mol. The van der Waals surface area contributed by atoms with Crippen LogP contribution in [0.25, 0.3) is 0 Å². The molecule has 1 aromatic heterocycles. The van der Waals surface area contributed by atoms with Gasteiger partial charge in [-0.05, 0) is 6.07 Å². The van der Waals surface area contributed by atoms with E-state index in [4.69, 9.17) is 10.9 Å². The maximum Gasteiger partial charge on any atom is 0.272 e. The summed E-state index contributed by atoms with van der Waals surface area (Å²) in [5, 5.41) is 12.4. The van der Waals surface area contributed by atoms with Crippen LogP contribution in [0.1, 0.15) is 5.56 Å². The normalized spacial score (nSPS) is 11.4. The van der Waals surface area contributed by atoms with Crippen molar-refractivity contribution in [1.29, 1.82) is 0 Å². The first-order chi connectivity index (χ1) is 8.31. The number of benzene rings is 1. The molecule has 17 heavy (non-hydrogen) atoms. The number of hydrogen-bond donors (Lipinski definition) is 2. The lowest BCUT2D eigenvalue weighted by Crippen LogP contribution is -2.40. The number of anilines is 1. The topological polar surface area (TPSA) is 62.5 Å². The van der Waals surface area contributed by atoms with Crippen LogP contribution in [0, 0.1) is 0 Å². The molecule has 1 heterocycles. The predicted molar refractivity (Wildman–Crippen MR) is 65.8 cm³/mol. The van der Waals surface area contributed by atoms with Gasteiger partial charge in [0.25, 0.3) is 5.82 Å². The first-order valence-electron chi connectivity index (χ1n) is 5.31. The summed E-state index contributed by atoms with van der Waals surface area (Å²) in [6.45, 7) is 0.438. The molecule has 0 atom stereocenters. The minimum absolute atomic E-state index is 0.438. The van der Waals surface area contributed by atoms with Gasteiger partial charge in [0.15, 0.2) is 0 Å². The van der Waals surface area contributed by atoms with Gasteiger partial charge in [-0.2, -0.15) is 0 Å². The molecule has 0 radical (unpaired) electrons. The Morgan fingerprint density at radius 2 is 1.82 bits per heavy atom. The number of nitrogens with zero attached hydrogens (tertiary/aromatic N) is 2. The van der Waals surface area contributed by atoms with E-state index in [9.17, 15) is 0 Å². The second-order valence-electron chi connectivity index (χ2n) is 3.67. The van der Waals surface area contributed by atoms with Gasteiger partial charge < -0.3 is 5.21 Å². The van der Waals surface area contributed by atoms with Crippen LogP contribution < -0.4 is 10.3 Å². The summed E-state index contributed by atoms with van der Waals surface area (Å²) in [5.41, 5.74) is 7.29. The van der Waals surface area contributed by atoms with E-state index in [0.29, 0.717) is 18.1 Å². The van der Waals surface area contributed by atoms with Gasteiger partial charge in [0.2, 0.25) is 0 Å². The van der Waals surface area contributed by atoms with E-state index >= 15 is 0 Å². The molecule has 3 N–H and O–H groups in total. The first kappa shape index (κ1) is 11.1. The average molecular weight is 228 g/mol. The summed E-state index contributed by atoms with van der Waals surface area (Å²) in [6, 6.07) is 15.1. The number of oxime groups is 1. The van der Waals surface area contributed by atoms with Gasteiger partial charge in [-0.25, -0.2) is 4.57 Å². The highest BCUT2D eigenvalue weighted by molar-refractivity contribution is 5.99. The Labute approximate surface area is 99.6 Å². The molecule has 0 bridgehead atoms. The van der Waals surface area contributed by atoms with Crippen molar-refractivity contribution in [2.75, 3.05) is 5.73 Å². The third-order valence-electron chi connectivity index (χ3n) is 2.52. The van der Waals surface area contributed by atoms with Gasteiger partial charge in [0, 0.05) is 11.6 Å². The fourth-order valence-corrected chi connectivity index (χ4v) is 1.61. The van der Waals surface area contributed by atoms with Crippen LogP contribution in [0.3, 0.4) is 0 Å². The van der Waals surface area contributed by atoms with Crippen LogP contribution in [0.5, 0.6) is 0 Å². The summed E-state index contributed by atoms with van der Waals surface area (Å²) >= 11 is 0. The second kappa shape index (κ2) is 5.12. The fourth-order valence-electron chi connectivity index (χ4n) is 1.61. The zero-order valence-corrected chi connectivity index (χ0v) is 9.32. The summed E-state index contributed by atoms with van der Waals surface area (Å²) in [7, 11) is 0. The molecule has 2 rings (SSSR count). The minimum Gasteiger partial charge on any atom is -0.411 e. The summed E-state index contributed by atoms with van der Waals surface area (Å²) in [4.78, 5) is 0. The summed E-state index contributed by atoms with van der Waals surface area (Å²) in [5.74, 6) is 0.629. The zero-order valence-electron chi connectivity index (χ0n) is 9.32. The van der Waals surface area contributed by atoms with Crippen molar-refractivity contribution in [2.24, 2.45) is 5.16 Å². The van der Waals surface area contributed by atoms with E-state index in [2.05, 4.69) is 5.16 Å². The maximum atomic E-state index is 9.07. The van der Waals surface area contributed by atoms with Crippen LogP contribution in [0.15, 0.2) is 59.9 Å². The Balaban J connectivity index is 2.26. The average Bonchev–Trinajstić information content (AvgIpc) is 2.39. The highest BCUT2D eigenvalue weighted by atomic mass is 16.4. The molecule has 1 aromatic carbocycles. The van der Waals surface area contributed by atoms with Crippen molar-refractivity contribution in [3.05, 3.63) is 60.3 Å². The van der Waals surface area contributed by atoms with Crippen LogP contribution in [0.4, 0.5) is 5.82 Å². The zero-order chi connectivity index (χ0) is 12.1. The Kier molecular flexibility index (Phi) is 3.35. The van der Waals surface area contributed by atoms with Crippen molar-refractivity contribution in [2.45, 2.75) is 6.54 Å². The number of pyridine rings is 1. The summed E-state index contributed by atoms with van der Waals surface area (Å²) < 4.78 is 1.82. The Hall–Kier alpha value is -2.36. The highest BCUT2D eigenvalue weighted by Crippen LogP contribution is 2.02. The van der Waals surface area contributed by atoms with Gasteiger partial charge in [0.1, 0.15) is 12.3 Å². The number of rotatable bonds is 3. The monoisotopic (exact) mass is 228 g/mol. The highest BCUT2D eigenvalue weighted by Gasteiger charge is 2.10. The molecule has 0 fully saturated rings. The molecule has 0 saturated carbocycles. The van der Waals surface area contributed by atoms with Crippen molar-refractivity contribution >= 4 is 11.5 Å². The number of nitrogen functional groups attached to an aromatic ring is 1. The van der Waals surface area contributed by atoms with E-state index < -0.39 is 0 Å². The van der Waals surface area contributed by atoms with Crippen molar-refractivity contribution in [1.82, 2.24) is 0 Å². The number of nitrogens with two attached hydrogens (primary N) is 1. The van der Waals surface area contributed by atoms with E-state index in [1.54, 1.807) is 6.07 Å². The number of hydrogen-bond acceptors (Lipinski definition) is 3. The minimum atomic E-state index is 0.438. The molecule has 0 aliphatic rings. The molecule has 4 nitrogen and oxygen atoms in total. The molecule has 86 valence electrons. The SMILES string of the molecule is Nc1cccc[n+]1C/C(=N/O)c1ccccc1. The molecular formula is C13H14N3O+. The standard InChI is InChI=1S/C13H13N3O/c14-13-8-4-5-9-16(13)10-12(15-17)11-6-2-1-3-7-11/h1-9,14,17H,10H2/p+1/b15-12-. The molecule has 2 aromatic rings. The third-order valence-corrected chi connectivity index (χ3v) is 2.52. The van der Waals surface area contributed by atoms with Gasteiger partial charge in [-0.15, -0.1) is 0 Å². The largest absolute Gasteiger partial charge is 0.411 e. The Morgan fingerprint density at radius 1 is 1.12 bits per heavy atom. The van der Waals surface area contributed by atoms with Gasteiger partial charge >= 0.3 is 0 Å². The van der Waals surface area contributed by atoms with Crippen LogP contribution in [-0.2, 0) is 6.54 Å². The van der Waals surface area contributed by atoms with E-state index in [-0.39, 0.29) is 0 Å². The molecule has 0 spiro atoms. The lowest BCUT2D eigenvalue weighted by molar-refractivity contribution is -0.667. The third kappa shape index (κ3) is 2.60. The van der Waals surface area contributed by atoms with E-state index in [1.165, 1.54) is 0 Å². The molecule has 4 heteroatoms. The molecule has 0 aliphatic carbocycles. The summed E-state index contributed by atoms with van der Waals surface area (Å²) in [6.07, 6.45) is 1.85. The van der Waals surface area contributed by atoms with E-state index in [0.717, 1.165) is 5.56 Å². The second-order valence-corrected chi connectivity index (χ2v) is 3.67. The lowest BCUT2D eigenvalue weighted by atomic mass is 10.1.